The molecule has 4 nitrogen and oxygen atoms in total. The monoisotopic (exact) mass is 438 g/mol. The number of pyridine rings is 1. The third-order valence-electron chi connectivity index (χ3n) is 3.27. The summed E-state index contributed by atoms with van der Waals surface area (Å²) < 4.78 is 0. The second-order valence-corrected chi connectivity index (χ2v) is 6.17. The second-order valence-electron chi connectivity index (χ2n) is 5.79. The van der Waals surface area contributed by atoms with E-state index in [0.717, 1.165) is 23.9 Å². The summed E-state index contributed by atoms with van der Waals surface area (Å²) in [6.07, 6.45) is 5.44. The number of nitrogens with one attached hydrogen (secondary N) is 2. The average molecular weight is 439 g/mol. The van der Waals surface area contributed by atoms with Gasteiger partial charge in [-0.15, -0.1) is 24.0 Å². The molecule has 0 bridgehead atoms. The zero-order chi connectivity index (χ0) is 15.7. The molecule has 1 unspecified atom stereocenters. The van der Waals surface area contributed by atoms with E-state index >= 15 is 0 Å². The minimum absolute atomic E-state index is 0. The molecule has 0 aliphatic heterocycles. The number of rotatable bonds is 7. The maximum Gasteiger partial charge on any atom is 0.191 e. The van der Waals surface area contributed by atoms with Crippen molar-refractivity contribution in [2.75, 3.05) is 7.05 Å². The molecule has 0 aromatic carbocycles. The summed E-state index contributed by atoms with van der Waals surface area (Å²) in [5, 5.41) is 7.22. The van der Waals surface area contributed by atoms with Crippen molar-refractivity contribution in [3.05, 3.63) is 29.0 Å². The van der Waals surface area contributed by atoms with Gasteiger partial charge in [-0.05, 0) is 30.9 Å². The van der Waals surface area contributed by atoms with E-state index < -0.39 is 0 Å². The van der Waals surface area contributed by atoms with E-state index in [4.69, 9.17) is 11.6 Å². The SMILES string of the molecule is CN=C(NCc1ccc(Cl)nc1)NC(C)CCCC(C)C.I. The van der Waals surface area contributed by atoms with Crippen LogP contribution in [-0.2, 0) is 6.54 Å². The third kappa shape index (κ3) is 9.46. The van der Waals surface area contributed by atoms with E-state index in [2.05, 4.69) is 41.4 Å². The van der Waals surface area contributed by atoms with Gasteiger partial charge in [0, 0.05) is 25.8 Å². The summed E-state index contributed by atoms with van der Waals surface area (Å²) in [6, 6.07) is 4.17. The topological polar surface area (TPSA) is 49.3 Å². The molecule has 0 saturated carbocycles. The lowest BCUT2D eigenvalue weighted by Gasteiger charge is -2.18. The molecule has 0 amide bonds. The van der Waals surface area contributed by atoms with Crippen LogP contribution in [-0.4, -0.2) is 24.0 Å². The number of aromatic nitrogens is 1. The normalized spacial score (nSPS) is 12.7. The molecule has 0 aliphatic rings. The Balaban J connectivity index is 0.00000441. The Morgan fingerprint density at radius 2 is 2.00 bits per heavy atom. The van der Waals surface area contributed by atoms with Crippen molar-refractivity contribution in [3.8, 4) is 0 Å². The fourth-order valence-corrected chi connectivity index (χ4v) is 2.14. The molecular formula is C16H28ClIN4. The third-order valence-corrected chi connectivity index (χ3v) is 3.50. The highest BCUT2D eigenvalue weighted by atomic mass is 127. The zero-order valence-electron chi connectivity index (χ0n) is 13.9. The van der Waals surface area contributed by atoms with Crippen molar-refractivity contribution < 1.29 is 0 Å². The molecule has 2 N–H and O–H groups in total. The van der Waals surface area contributed by atoms with Gasteiger partial charge in [0.2, 0.25) is 0 Å². The van der Waals surface area contributed by atoms with Crippen molar-refractivity contribution in [2.45, 2.75) is 52.6 Å². The van der Waals surface area contributed by atoms with Gasteiger partial charge in [-0.25, -0.2) is 4.98 Å². The number of nitrogens with zero attached hydrogens (tertiary/aromatic N) is 2. The predicted molar refractivity (Wildman–Crippen MR) is 106 cm³/mol. The highest BCUT2D eigenvalue weighted by Gasteiger charge is 2.06. The van der Waals surface area contributed by atoms with Crippen LogP contribution in [0.4, 0.5) is 0 Å². The molecular weight excluding hydrogens is 411 g/mol. The van der Waals surface area contributed by atoms with Gasteiger partial charge < -0.3 is 10.6 Å². The van der Waals surface area contributed by atoms with Crippen LogP contribution < -0.4 is 10.6 Å². The first-order chi connectivity index (χ1) is 10.0. The second kappa shape index (κ2) is 11.9. The zero-order valence-corrected chi connectivity index (χ0v) is 17.0. The van der Waals surface area contributed by atoms with Gasteiger partial charge >= 0.3 is 0 Å². The lowest BCUT2D eigenvalue weighted by Crippen LogP contribution is -2.41. The molecule has 1 aromatic rings. The molecule has 1 aromatic heterocycles. The molecule has 0 spiro atoms. The van der Waals surface area contributed by atoms with Gasteiger partial charge in [-0.1, -0.05) is 44.4 Å². The van der Waals surface area contributed by atoms with Crippen LogP contribution in [0.15, 0.2) is 23.3 Å². The van der Waals surface area contributed by atoms with E-state index in [1.54, 1.807) is 19.3 Å². The summed E-state index contributed by atoms with van der Waals surface area (Å²) in [4.78, 5) is 8.32. The van der Waals surface area contributed by atoms with Crippen molar-refractivity contribution >= 4 is 41.5 Å². The van der Waals surface area contributed by atoms with Gasteiger partial charge in [0.05, 0.1) is 0 Å². The van der Waals surface area contributed by atoms with Gasteiger partial charge in [0.25, 0.3) is 0 Å². The average Bonchev–Trinajstić information content (AvgIpc) is 2.44. The van der Waals surface area contributed by atoms with Crippen LogP contribution in [0.5, 0.6) is 0 Å². The van der Waals surface area contributed by atoms with Gasteiger partial charge in [0.15, 0.2) is 5.96 Å². The Hall–Kier alpha value is -0.560. The van der Waals surface area contributed by atoms with Crippen molar-refractivity contribution in [3.63, 3.8) is 0 Å². The first kappa shape index (κ1) is 21.4. The fourth-order valence-electron chi connectivity index (χ4n) is 2.03. The molecule has 1 heterocycles. The molecule has 1 atom stereocenters. The molecule has 1 rings (SSSR count). The van der Waals surface area contributed by atoms with E-state index in [-0.39, 0.29) is 24.0 Å². The minimum atomic E-state index is 0. The molecule has 6 heteroatoms. The highest BCUT2D eigenvalue weighted by molar-refractivity contribution is 14.0. The fraction of sp³-hybridized carbons (Fsp3) is 0.625. The number of halogens is 2. The smallest absolute Gasteiger partial charge is 0.191 e. The summed E-state index contributed by atoms with van der Waals surface area (Å²) in [6.45, 7) is 7.40. The van der Waals surface area contributed by atoms with Gasteiger partial charge in [0.1, 0.15) is 5.15 Å². The quantitative estimate of drug-likeness (QED) is 0.290. The number of guanidine groups is 1. The van der Waals surface area contributed by atoms with Crippen LogP contribution in [0.25, 0.3) is 0 Å². The van der Waals surface area contributed by atoms with E-state index in [1.807, 2.05) is 6.07 Å². The largest absolute Gasteiger partial charge is 0.354 e. The summed E-state index contributed by atoms with van der Waals surface area (Å²) in [7, 11) is 1.79. The summed E-state index contributed by atoms with van der Waals surface area (Å²) in [5.74, 6) is 1.59. The lowest BCUT2D eigenvalue weighted by atomic mass is 10.0. The Bertz CT molecular complexity index is 434. The first-order valence-corrected chi connectivity index (χ1v) is 7.96. The molecule has 22 heavy (non-hydrogen) atoms. The van der Waals surface area contributed by atoms with Crippen molar-refractivity contribution in [1.29, 1.82) is 0 Å². The summed E-state index contributed by atoms with van der Waals surface area (Å²) >= 11 is 5.77. The van der Waals surface area contributed by atoms with Gasteiger partial charge in [-0.3, -0.25) is 4.99 Å². The van der Waals surface area contributed by atoms with Gasteiger partial charge in [-0.2, -0.15) is 0 Å². The molecule has 0 aliphatic carbocycles. The van der Waals surface area contributed by atoms with Crippen molar-refractivity contribution in [1.82, 2.24) is 15.6 Å². The Morgan fingerprint density at radius 3 is 2.55 bits per heavy atom. The molecule has 0 radical (unpaired) electrons. The van der Waals surface area contributed by atoms with Crippen LogP contribution in [0.2, 0.25) is 5.15 Å². The molecule has 126 valence electrons. The predicted octanol–water partition coefficient (Wildman–Crippen LogP) is 4.23. The lowest BCUT2D eigenvalue weighted by molar-refractivity contribution is 0.491. The number of aliphatic imine (C=N–C) groups is 1. The standard InChI is InChI=1S/C16H27ClN4.HI/c1-12(2)6-5-7-13(3)21-16(18-4)20-11-14-8-9-15(17)19-10-14;/h8-10,12-13H,5-7,11H2,1-4H3,(H2,18,20,21);1H. The van der Waals surface area contributed by atoms with Crippen LogP contribution >= 0.6 is 35.6 Å². The first-order valence-electron chi connectivity index (χ1n) is 7.59. The Morgan fingerprint density at radius 1 is 1.27 bits per heavy atom. The van der Waals surface area contributed by atoms with Crippen LogP contribution in [0.3, 0.4) is 0 Å². The number of hydrogen-bond acceptors (Lipinski definition) is 2. The molecule has 0 saturated heterocycles. The Labute approximate surface area is 156 Å². The highest BCUT2D eigenvalue weighted by Crippen LogP contribution is 2.08. The maximum atomic E-state index is 5.77. The molecule has 0 fully saturated rings. The Kier molecular flexibility index (Phi) is 11.6. The van der Waals surface area contributed by atoms with E-state index in [9.17, 15) is 0 Å². The maximum absolute atomic E-state index is 5.77. The summed E-state index contributed by atoms with van der Waals surface area (Å²) in [5.41, 5.74) is 1.08. The van der Waals surface area contributed by atoms with Crippen LogP contribution in [0, 0.1) is 5.92 Å². The van der Waals surface area contributed by atoms with Crippen molar-refractivity contribution in [2.24, 2.45) is 10.9 Å². The minimum Gasteiger partial charge on any atom is -0.354 e. The van der Waals surface area contributed by atoms with Crippen LogP contribution in [0.1, 0.15) is 45.6 Å². The van der Waals surface area contributed by atoms with E-state index in [1.165, 1.54) is 12.8 Å². The van der Waals surface area contributed by atoms with E-state index in [0.29, 0.717) is 17.7 Å². The number of hydrogen-bond donors (Lipinski definition) is 2.